The van der Waals surface area contributed by atoms with Crippen LogP contribution in [0.2, 0.25) is 0 Å². The fourth-order valence-corrected chi connectivity index (χ4v) is 1.66. The molecule has 2 N–H and O–H groups in total. The maximum Gasteiger partial charge on any atom is 0.0883 e. The second-order valence-electron chi connectivity index (χ2n) is 3.72. The topological polar surface area (TPSA) is 35.2 Å². The molecular weight excluding hydrogens is 186 g/mol. The number of ether oxygens (including phenoxy) is 1. The lowest BCUT2D eigenvalue weighted by Crippen LogP contribution is -2.14. The van der Waals surface area contributed by atoms with Crippen molar-refractivity contribution in [3.8, 4) is 0 Å². The average molecular weight is 200 g/mol. The third-order valence-corrected chi connectivity index (χ3v) is 2.37. The van der Waals surface area contributed by atoms with Gasteiger partial charge < -0.3 is 10.5 Å². The largest absolute Gasteiger partial charge is 0.399 e. The number of halogens is 1. The van der Waals surface area contributed by atoms with Crippen LogP contribution in [0, 0.1) is 0 Å². The molecule has 0 fully saturated rings. The Hall–Kier alpha value is -0.730. The van der Waals surface area contributed by atoms with Crippen molar-refractivity contribution in [1.29, 1.82) is 0 Å². The zero-order valence-corrected chi connectivity index (χ0v) is 8.65. The van der Waals surface area contributed by atoms with Crippen molar-refractivity contribution in [3.05, 3.63) is 29.3 Å². The Balaban J connectivity index is 0.000000845. The lowest BCUT2D eigenvalue weighted by molar-refractivity contribution is -0.00789. The molecule has 1 aliphatic heterocycles. The number of benzene rings is 1. The van der Waals surface area contributed by atoms with Gasteiger partial charge in [-0.2, -0.15) is 0 Å². The minimum Gasteiger partial charge on any atom is -0.399 e. The maximum absolute atomic E-state index is 5.66. The van der Waals surface area contributed by atoms with Gasteiger partial charge in [0.1, 0.15) is 0 Å². The van der Waals surface area contributed by atoms with Crippen LogP contribution in [0.1, 0.15) is 25.0 Å². The SMILES string of the molecule is CC1(C)OCc2cc(N)ccc21.Cl. The van der Waals surface area contributed by atoms with E-state index in [-0.39, 0.29) is 18.0 Å². The number of hydrogen-bond acceptors (Lipinski definition) is 2. The van der Waals surface area contributed by atoms with Crippen LogP contribution in [0.5, 0.6) is 0 Å². The number of hydrogen-bond donors (Lipinski definition) is 1. The van der Waals surface area contributed by atoms with E-state index in [0.29, 0.717) is 6.61 Å². The fraction of sp³-hybridized carbons (Fsp3) is 0.400. The molecule has 3 heteroatoms. The first-order valence-electron chi connectivity index (χ1n) is 4.12. The van der Waals surface area contributed by atoms with E-state index in [1.807, 2.05) is 12.1 Å². The normalized spacial score (nSPS) is 17.7. The molecule has 72 valence electrons. The van der Waals surface area contributed by atoms with E-state index in [1.165, 1.54) is 11.1 Å². The molecule has 1 aromatic rings. The third-order valence-electron chi connectivity index (χ3n) is 2.37. The summed E-state index contributed by atoms with van der Waals surface area (Å²) in [6.45, 7) is 4.84. The highest BCUT2D eigenvalue weighted by atomic mass is 35.5. The van der Waals surface area contributed by atoms with Crippen molar-refractivity contribution < 1.29 is 4.74 Å². The van der Waals surface area contributed by atoms with Gasteiger partial charge in [-0.05, 0) is 37.1 Å². The van der Waals surface area contributed by atoms with Gasteiger partial charge in [0.05, 0.1) is 12.2 Å². The van der Waals surface area contributed by atoms with E-state index < -0.39 is 0 Å². The molecule has 13 heavy (non-hydrogen) atoms. The highest BCUT2D eigenvalue weighted by Gasteiger charge is 2.30. The monoisotopic (exact) mass is 199 g/mol. The Kier molecular flexibility index (Phi) is 2.55. The second kappa shape index (κ2) is 3.20. The molecule has 0 bridgehead atoms. The first kappa shape index (κ1) is 10.4. The Morgan fingerprint density at radius 3 is 2.77 bits per heavy atom. The quantitative estimate of drug-likeness (QED) is 0.652. The summed E-state index contributed by atoms with van der Waals surface area (Å²) in [4.78, 5) is 0. The van der Waals surface area contributed by atoms with Gasteiger partial charge in [0, 0.05) is 5.69 Å². The molecule has 1 aliphatic rings. The van der Waals surface area contributed by atoms with E-state index in [2.05, 4.69) is 19.9 Å². The van der Waals surface area contributed by atoms with Gasteiger partial charge in [-0.1, -0.05) is 6.07 Å². The van der Waals surface area contributed by atoms with Crippen molar-refractivity contribution >= 4 is 18.1 Å². The summed E-state index contributed by atoms with van der Waals surface area (Å²) >= 11 is 0. The van der Waals surface area contributed by atoms with E-state index in [4.69, 9.17) is 10.5 Å². The number of rotatable bonds is 0. The smallest absolute Gasteiger partial charge is 0.0883 e. The summed E-state index contributed by atoms with van der Waals surface area (Å²) in [7, 11) is 0. The minimum absolute atomic E-state index is 0. The minimum atomic E-state index is -0.136. The summed E-state index contributed by atoms with van der Waals surface area (Å²) < 4.78 is 5.61. The van der Waals surface area contributed by atoms with Gasteiger partial charge in [0.15, 0.2) is 0 Å². The number of fused-ring (bicyclic) bond motifs is 1. The van der Waals surface area contributed by atoms with Crippen molar-refractivity contribution in [2.75, 3.05) is 5.73 Å². The molecule has 0 atom stereocenters. The molecular formula is C10H14ClNO. The Bertz CT molecular complexity index is 323. The number of nitrogens with two attached hydrogens (primary N) is 1. The van der Waals surface area contributed by atoms with Crippen LogP contribution in [0.15, 0.2) is 18.2 Å². The van der Waals surface area contributed by atoms with Gasteiger partial charge in [-0.25, -0.2) is 0 Å². The standard InChI is InChI=1S/C10H13NO.ClH/c1-10(2)9-4-3-8(11)5-7(9)6-12-10;/h3-5H,6,11H2,1-2H3;1H. The summed E-state index contributed by atoms with van der Waals surface area (Å²) in [5, 5.41) is 0. The third kappa shape index (κ3) is 1.64. The molecule has 2 nitrogen and oxygen atoms in total. The van der Waals surface area contributed by atoms with Crippen molar-refractivity contribution in [3.63, 3.8) is 0 Å². The molecule has 0 saturated heterocycles. The Morgan fingerprint density at radius 2 is 2.08 bits per heavy atom. The summed E-state index contributed by atoms with van der Waals surface area (Å²) in [5.74, 6) is 0. The van der Waals surface area contributed by atoms with E-state index in [1.54, 1.807) is 0 Å². The molecule has 0 aromatic heterocycles. The van der Waals surface area contributed by atoms with Crippen LogP contribution in [0.25, 0.3) is 0 Å². The summed E-state index contributed by atoms with van der Waals surface area (Å²) in [6, 6.07) is 5.97. The summed E-state index contributed by atoms with van der Waals surface area (Å²) in [5.41, 5.74) is 8.83. The molecule has 0 unspecified atom stereocenters. The highest BCUT2D eigenvalue weighted by molar-refractivity contribution is 5.85. The van der Waals surface area contributed by atoms with Gasteiger partial charge in [0.25, 0.3) is 0 Å². The van der Waals surface area contributed by atoms with E-state index in [9.17, 15) is 0 Å². The van der Waals surface area contributed by atoms with E-state index in [0.717, 1.165) is 5.69 Å². The number of anilines is 1. The lowest BCUT2D eigenvalue weighted by atomic mass is 9.96. The van der Waals surface area contributed by atoms with Gasteiger partial charge >= 0.3 is 0 Å². The molecule has 0 radical (unpaired) electrons. The van der Waals surface area contributed by atoms with Crippen LogP contribution < -0.4 is 5.73 Å². The zero-order chi connectivity index (χ0) is 8.77. The fourth-order valence-electron chi connectivity index (χ4n) is 1.66. The van der Waals surface area contributed by atoms with Crippen molar-refractivity contribution in [2.24, 2.45) is 0 Å². The van der Waals surface area contributed by atoms with Gasteiger partial charge in [-0.15, -0.1) is 12.4 Å². The predicted octanol–water partition coefficient (Wildman–Crippen LogP) is 2.46. The Morgan fingerprint density at radius 1 is 1.38 bits per heavy atom. The molecule has 0 saturated carbocycles. The second-order valence-corrected chi connectivity index (χ2v) is 3.72. The molecule has 1 heterocycles. The van der Waals surface area contributed by atoms with Crippen molar-refractivity contribution in [1.82, 2.24) is 0 Å². The van der Waals surface area contributed by atoms with Crippen LogP contribution in [-0.4, -0.2) is 0 Å². The lowest BCUT2D eigenvalue weighted by Gasteiger charge is -2.17. The van der Waals surface area contributed by atoms with Gasteiger partial charge in [0.2, 0.25) is 0 Å². The van der Waals surface area contributed by atoms with Crippen LogP contribution in [0.4, 0.5) is 5.69 Å². The zero-order valence-electron chi connectivity index (χ0n) is 7.83. The van der Waals surface area contributed by atoms with Crippen LogP contribution in [0.3, 0.4) is 0 Å². The average Bonchev–Trinajstić information content (AvgIpc) is 2.27. The van der Waals surface area contributed by atoms with Crippen LogP contribution in [-0.2, 0) is 16.9 Å². The highest BCUT2D eigenvalue weighted by Crippen LogP contribution is 2.36. The predicted molar refractivity (Wildman–Crippen MR) is 55.9 cm³/mol. The molecule has 0 spiro atoms. The van der Waals surface area contributed by atoms with Crippen molar-refractivity contribution in [2.45, 2.75) is 26.1 Å². The van der Waals surface area contributed by atoms with Gasteiger partial charge in [-0.3, -0.25) is 0 Å². The summed E-state index contributed by atoms with van der Waals surface area (Å²) in [6.07, 6.45) is 0. The molecule has 2 rings (SSSR count). The first-order chi connectivity index (χ1) is 5.59. The number of nitrogen functional groups attached to an aromatic ring is 1. The maximum atomic E-state index is 5.66. The van der Waals surface area contributed by atoms with Crippen LogP contribution >= 0.6 is 12.4 Å². The molecule has 0 aliphatic carbocycles. The molecule has 1 aromatic carbocycles. The Labute approximate surface area is 84.5 Å². The van der Waals surface area contributed by atoms with E-state index >= 15 is 0 Å². The first-order valence-corrected chi connectivity index (χ1v) is 4.12. The molecule has 0 amide bonds.